The maximum absolute atomic E-state index is 13.5. The van der Waals surface area contributed by atoms with Gasteiger partial charge in [-0.05, 0) is 14.1 Å². The summed E-state index contributed by atoms with van der Waals surface area (Å²) >= 11 is 0. The fourth-order valence-corrected chi connectivity index (χ4v) is 2.51. The van der Waals surface area contributed by atoms with Crippen molar-refractivity contribution < 1.29 is 96.4 Å². The molecule has 0 radical (unpaired) electrons. The maximum Gasteiger partial charge on any atom is 0.384 e. The quantitative estimate of drug-likeness (QED) is 0.221. The van der Waals surface area contributed by atoms with E-state index in [9.17, 15) is 91.8 Å². The molecule has 38 heavy (non-hydrogen) atoms. The minimum Gasteiger partial charge on any atom is -0.323 e. The van der Waals surface area contributed by atoms with E-state index in [4.69, 9.17) is 4.55 Å². The average Bonchev–Trinajstić information content (AvgIpc) is 2.75. The van der Waals surface area contributed by atoms with Gasteiger partial charge in [0, 0.05) is 0 Å². The van der Waals surface area contributed by atoms with Crippen LogP contribution in [0.3, 0.4) is 0 Å². The molecular formula is C14H14F19NO3S. The van der Waals surface area contributed by atoms with E-state index >= 15 is 0 Å². The predicted octanol–water partition coefficient (Wildman–Crippen LogP) is 5.43. The van der Waals surface area contributed by atoms with Crippen LogP contribution in [-0.2, 0) is 10.1 Å². The monoisotopic (exact) mass is 637 g/mol. The molecule has 0 saturated heterocycles. The number of hydrogen-bond donors (Lipinski definition) is 2. The lowest BCUT2D eigenvalue weighted by molar-refractivity contribution is -0.432. The van der Waals surface area contributed by atoms with Crippen LogP contribution in [0.2, 0.25) is 0 Å². The summed E-state index contributed by atoms with van der Waals surface area (Å²) in [5.74, 6) is -50.2. The Morgan fingerprint density at radius 1 is 0.553 bits per heavy atom. The van der Waals surface area contributed by atoms with Gasteiger partial charge in [-0.1, -0.05) is 0 Å². The molecular weight excluding hydrogens is 623 g/mol. The van der Waals surface area contributed by atoms with E-state index < -0.39 is 82.3 Å². The van der Waals surface area contributed by atoms with Gasteiger partial charge in [0.25, 0.3) is 11.9 Å². The highest BCUT2D eigenvalue weighted by Gasteiger charge is 2.92. The third-order valence-electron chi connectivity index (χ3n) is 4.04. The van der Waals surface area contributed by atoms with Gasteiger partial charge in [0.15, 0.2) is 18.5 Å². The van der Waals surface area contributed by atoms with Crippen LogP contribution in [0.4, 0.5) is 83.4 Å². The second kappa shape index (κ2) is 12.0. The molecule has 4 nitrogen and oxygen atoms in total. The van der Waals surface area contributed by atoms with Crippen molar-refractivity contribution in [2.75, 3.05) is 14.1 Å². The summed E-state index contributed by atoms with van der Waals surface area (Å²) in [6, 6.07) is 0. The number of hydrogen-bond acceptors (Lipinski definition) is 3. The van der Waals surface area contributed by atoms with E-state index in [1.807, 2.05) is 14.1 Å². The molecule has 0 rings (SSSR count). The summed E-state index contributed by atoms with van der Waals surface area (Å²) in [5, 5.41) is 2.75. The molecule has 232 valence electrons. The highest BCUT2D eigenvalue weighted by atomic mass is 32.2. The molecule has 0 aliphatic carbocycles. The van der Waals surface area contributed by atoms with Crippen molar-refractivity contribution in [1.82, 2.24) is 5.32 Å². The van der Waals surface area contributed by atoms with E-state index in [-0.39, 0.29) is 0 Å². The van der Waals surface area contributed by atoms with Gasteiger partial charge in [-0.25, -0.2) is 30.7 Å². The van der Waals surface area contributed by atoms with E-state index in [2.05, 4.69) is 5.32 Å². The smallest absolute Gasteiger partial charge is 0.323 e. The summed E-state index contributed by atoms with van der Waals surface area (Å²) in [4.78, 5) is 0. The van der Waals surface area contributed by atoms with Crippen LogP contribution in [0.1, 0.15) is 0 Å². The van der Waals surface area contributed by atoms with Gasteiger partial charge in [0.05, 0.1) is 0 Å². The normalized spacial score (nSPS) is 18.8. The zero-order valence-corrected chi connectivity index (χ0v) is 18.6. The summed E-state index contributed by atoms with van der Waals surface area (Å²) in [6.45, 7) is 0. The Morgan fingerprint density at radius 2 is 0.842 bits per heavy atom. The fourth-order valence-electron chi connectivity index (χ4n) is 1.99. The van der Waals surface area contributed by atoms with Gasteiger partial charge in [-0.3, -0.25) is 4.55 Å². The van der Waals surface area contributed by atoms with Crippen LogP contribution in [0.25, 0.3) is 0 Å². The zero-order chi connectivity index (χ0) is 31.7. The molecule has 0 aliphatic heterocycles. The first-order valence-corrected chi connectivity index (χ1v) is 10.2. The first kappa shape index (κ1) is 38.7. The lowest BCUT2D eigenvalue weighted by Gasteiger charge is -2.42. The summed E-state index contributed by atoms with van der Waals surface area (Å²) < 4.78 is 277. The van der Waals surface area contributed by atoms with Crippen molar-refractivity contribution in [3.8, 4) is 0 Å². The van der Waals surface area contributed by atoms with E-state index in [0.717, 1.165) is 0 Å². The van der Waals surface area contributed by atoms with Gasteiger partial charge in [-0.2, -0.15) is 61.1 Å². The number of alkyl halides is 19. The maximum atomic E-state index is 13.5. The Labute approximate surface area is 199 Å². The Balaban J connectivity index is 0. The second-order valence-corrected chi connectivity index (χ2v) is 8.39. The standard InChI is InChI=1S/C12H7F19O3S.C2H7N/c13-1(3(15)5(17)18)2(14)4(16)7(20,21)9(24,25)11(28,29)12(30,31)10(26,27)8(22,23)6(19)35(32,33)34;1-3-2/h1-6H,(H,32,33,34);3H,1-2H3. The molecule has 0 aromatic heterocycles. The van der Waals surface area contributed by atoms with Crippen molar-refractivity contribution in [3.05, 3.63) is 0 Å². The Morgan fingerprint density at radius 3 is 1.11 bits per heavy atom. The van der Waals surface area contributed by atoms with Crippen LogP contribution in [0, 0.1) is 0 Å². The number of nitrogens with one attached hydrogen (secondary N) is 1. The molecule has 2 N–H and O–H groups in total. The molecule has 0 bridgehead atoms. The van der Waals surface area contributed by atoms with Gasteiger partial charge in [0.1, 0.15) is 0 Å². The van der Waals surface area contributed by atoms with Crippen LogP contribution in [-0.4, -0.2) is 99.2 Å². The molecule has 0 aromatic carbocycles. The Kier molecular flexibility index (Phi) is 12.2. The van der Waals surface area contributed by atoms with E-state index in [1.165, 1.54) is 0 Å². The minimum absolute atomic E-state index is 1.88. The molecule has 0 saturated carbocycles. The van der Waals surface area contributed by atoms with Crippen molar-refractivity contribution in [3.63, 3.8) is 0 Å². The van der Waals surface area contributed by atoms with E-state index in [1.54, 1.807) is 0 Å². The average molecular weight is 637 g/mol. The van der Waals surface area contributed by atoms with Crippen LogP contribution in [0.5, 0.6) is 0 Å². The topological polar surface area (TPSA) is 66.4 Å². The third-order valence-corrected chi connectivity index (χ3v) is 4.86. The van der Waals surface area contributed by atoms with Gasteiger partial charge < -0.3 is 5.32 Å². The number of halogens is 19. The van der Waals surface area contributed by atoms with Gasteiger partial charge in [-0.15, -0.1) is 0 Å². The minimum atomic E-state index is -8.75. The van der Waals surface area contributed by atoms with Crippen LogP contribution < -0.4 is 5.32 Å². The SMILES string of the molecule is CNC.O=S(=O)(O)C(F)C(F)(F)C(F)(F)C(F)(F)C(F)(F)C(F)(F)C(F)(F)C(F)C(F)C(F)C(F)C(F)F. The lowest BCUT2D eigenvalue weighted by Crippen LogP contribution is -2.73. The lowest BCUT2D eigenvalue weighted by atomic mass is 9.88. The van der Waals surface area contributed by atoms with Gasteiger partial charge in [0.2, 0.25) is 6.17 Å². The molecule has 0 spiro atoms. The van der Waals surface area contributed by atoms with Crippen molar-refractivity contribution in [2.45, 2.75) is 72.2 Å². The predicted molar refractivity (Wildman–Crippen MR) is 86.7 cm³/mol. The first-order valence-electron chi connectivity index (χ1n) is 8.71. The molecule has 0 aromatic rings. The summed E-state index contributed by atoms with van der Waals surface area (Å²) in [6.07, 6.45) is -25.6. The first-order chi connectivity index (χ1) is 16.4. The highest BCUT2D eigenvalue weighted by Crippen LogP contribution is 2.62. The Bertz CT molecular complexity index is 867. The van der Waals surface area contributed by atoms with Crippen LogP contribution in [0.15, 0.2) is 0 Å². The van der Waals surface area contributed by atoms with E-state index in [0.29, 0.717) is 0 Å². The highest BCUT2D eigenvalue weighted by molar-refractivity contribution is 7.86. The van der Waals surface area contributed by atoms with Gasteiger partial charge >= 0.3 is 45.7 Å². The number of rotatable bonds is 12. The fraction of sp³-hybridized carbons (Fsp3) is 1.00. The van der Waals surface area contributed by atoms with Crippen LogP contribution >= 0.6 is 0 Å². The summed E-state index contributed by atoms with van der Waals surface area (Å²) in [7, 11) is -3.47. The second-order valence-electron chi connectivity index (χ2n) is 6.94. The van der Waals surface area contributed by atoms with Crippen molar-refractivity contribution in [2.24, 2.45) is 0 Å². The molecule has 0 amide bonds. The molecule has 0 heterocycles. The molecule has 24 heteroatoms. The summed E-state index contributed by atoms with van der Waals surface area (Å²) in [5.41, 5.74) is -5.99. The van der Waals surface area contributed by atoms with Crippen molar-refractivity contribution >= 4 is 10.1 Å². The molecule has 0 aliphatic rings. The largest absolute Gasteiger partial charge is 0.384 e. The Hall–Kier alpha value is -1.46. The van der Waals surface area contributed by atoms with Crippen molar-refractivity contribution in [1.29, 1.82) is 0 Å². The molecule has 0 fully saturated rings. The molecule has 5 unspecified atom stereocenters. The molecule has 5 atom stereocenters. The zero-order valence-electron chi connectivity index (χ0n) is 17.8. The third kappa shape index (κ3) is 6.46.